The van der Waals surface area contributed by atoms with Gasteiger partial charge in [0.15, 0.2) is 5.78 Å². The summed E-state index contributed by atoms with van der Waals surface area (Å²) >= 11 is 7.39. The van der Waals surface area contributed by atoms with Crippen LogP contribution in [-0.4, -0.2) is 26.6 Å². The summed E-state index contributed by atoms with van der Waals surface area (Å²) in [6.45, 7) is 4.93. The first kappa shape index (κ1) is 18.9. The van der Waals surface area contributed by atoms with Gasteiger partial charge in [-0.1, -0.05) is 45.7 Å². The predicted molar refractivity (Wildman–Crippen MR) is 108 cm³/mol. The first-order valence-electron chi connectivity index (χ1n) is 10.2. The fourth-order valence-electron chi connectivity index (χ4n) is 7.78. The number of aliphatic hydroxyl groups is 1. The van der Waals surface area contributed by atoms with Crippen LogP contribution in [-0.2, 0) is 4.79 Å². The van der Waals surface area contributed by atoms with Crippen LogP contribution in [0, 0.1) is 34.5 Å². The molecule has 0 spiro atoms. The van der Waals surface area contributed by atoms with Crippen LogP contribution < -0.4 is 0 Å². The van der Waals surface area contributed by atoms with Crippen LogP contribution in [0.4, 0.5) is 0 Å². The number of hydrogen-bond donors (Lipinski definition) is 1. The summed E-state index contributed by atoms with van der Waals surface area (Å²) in [6.07, 6.45) is 10.4. The summed E-state index contributed by atoms with van der Waals surface area (Å²) < 4.78 is -0.320. The van der Waals surface area contributed by atoms with Crippen LogP contribution in [0.1, 0.15) is 71.6 Å². The first-order valence-corrected chi connectivity index (χ1v) is 12.1. The fourth-order valence-corrected chi connectivity index (χ4v) is 9.50. The minimum absolute atomic E-state index is 0.0679. The van der Waals surface area contributed by atoms with Crippen molar-refractivity contribution >= 4 is 37.6 Å². The number of hydrogen-bond acceptors (Lipinski definition) is 2. The molecule has 0 aliphatic heterocycles. The van der Waals surface area contributed by atoms with Gasteiger partial charge in [-0.25, -0.2) is 0 Å². The molecule has 4 rings (SSSR count). The topological polar surface area (TPSA) is 37.3 Å². The van der Waals surface area contributed by atoms with Gasteiger partial charge in [-0.3, -0.25) is 4.79 Å². The van der Waals surface area contributed by atoms with Crippen molar-refractivity contribution in [3.05, 3.63) is 0 Å². The Morgan fingerprint density at radius 3 is 2.48 bits per heavy atom. The molecule has 8 atom stereocenters. The lowest BCUT2D eigenvalue weighted by Gasteiger charge is -2.61. The summed E-state index contributed by atoms with van der Waals surface area (Å²) in [5.41, 5.74) is 0.525. The summed E-state index contributed by atoms with van der Waals surface area (Å²) in [4.78, 5) is 12.8. The summed E-state index contributed by atoms with van der Waals surface area (Å²) in [5.74, 6) is 3.31. The molecule has 0 saturated heterocycles. The molecule has 25 heavy (non-hydrogen) atoms. The van der Waals surface area contributed by atoms with Crippen LogP contribution in [0.25, 0.3) is 0 Å². The summed E-state index contributed by atoms with van der Waals surface area (Å²) in [5, 5.41) is 10.6. The van der Waals surface area contributed by atoms with E-state index in [-0.39, 0.29) is 15.8 Å². The molecule has 1 N–H and O–H groups in total. The minimum atomic E-state index is -0.320. The van der Waals surface area contributed by atoms with E-state index >= 15 is 0 Å². The van der Waals surface area contributed by atoms with Gasteiger partial charge in [0, 0.05) is 0 Å². The Bertz CT molecular complexity index is 566. The highest BCUT2D eigenvalue weighted by Crippen LogP contribution is 2.70. The van der Waals surface area contributed by atoms with Crippen LogP contribution in [0.5, 0.6) is 0 Å². The highest BCUT2D eigenvalue weighted by atomic mass is 79.9. The third-order valence-electron chi connectivity index (χ3n) is 9.30. The maximum Gasteiger partial charge on any atom is 0.160 e. The summed E-state index contributed by atoms with van der Waals surface area (Å²) in [6, 6.07) is 0. The van der Waals surface area contributed by atoms with Gasteiger partial charge in [0.25, 0.3) is 0 Å². The second-order valence-electron chi connectivity index (χ2n) is 9.94. The Balaban J connectivity index is 1.63. The fraction of sp³-hybridized carbons (Fsp3) is 0.952. The number of alkyl halides is 2. The molecule has 0 radical (unpaired) electrons. The van der Waals surface area contributed by atoms with Gasteiger partial charge in [-0.05, 0) is 92.3 Å². The molecule has 0 aromatic carbocycles. The molecule has 0 aromatic rings. The van der Waals surface area contributed by atoms with Crippen molar-refractivity contribution < 1.29 is 9.90 Å². The molecule has 0 amide bonds. The molecule has 4 saturated carbocycles. The van der Waals surface area contributed by atoms with Gasteiger partial charge in [0.05, 0.1) is 15.8 Å². The second kappa shape index (κ2) is 6.30. The molecule has 0 aromatic heterocycles. The zero-order valence-electron chi connectivity index (χ0n) is 15.6. The van der Waals surface area contributed by atoms with Gasteiger partial charge >= 0.3 is 0 Å². The quantitative estimate of drug-likeness (QED) is 0.536. The molecule has 2 unspecified atom stereocenters. The Labute approximate surface area is 169 Å². The highest BCUT2D eigenvalue weighted by Gasteiger charge is 2.65. The average molecular weight is 476 g/mol. The Morgan fingerprint density at radius 2 is 1.76 bits per heavy atom. The molecule has 0 bridgehead atoms. The number of ketones is 1. The number of rotatable bonds is 2. The maximum atomic E-state index is 12.8. The van der Waals surface area contributed by atoms with E-state index in [4.69, 9.17) is 0 Å². The molecule has 4 heteroatoms. The molecular weight excluding hydrogens is 444 g/mol. The molecule has 0 heterocycles. The number of Topliss-reactive ketones (excluding diaryl/α,β-unsaturated/α-hetero) is 1. The molecule has 142 valence electrons. The second-order valence-corrected chi connectivity index (χ2v) is 11.9. The largest absolute Gasteiger partial charge is 0.393 e. The van der Waals surface area contributed by atoms with Crippen LogP contribution in [0.15, 0.2) is 0 Å². The van der Waals surface area contributed by atoms with E-state index in [1.54, 1.807) is 0 Å². The van der Waals surface area contributed by atoms with Gasteiger partial charge < -0.3 is 5.11 Å². The third-order valence-corrected chi connectivity index (χ3v) is 11.5. The van der Waals surface area contributed by atoms with Crippen LogP contribution >= 0.6 is 31.9 Å². The normalized spacial score (nSPS) is 55.2. The minimum Gasteiger partial charge on any atom is -0.393 e. The monoisotopic (exact) mass is 474 g/mol. The number of carbonyl (C=O) groups is 1. The van der Waals surface area contributed by atoms with Gasteiger partial charge in [0.2, 0.25) is 0 Å². The standard InChI is InChI=1S/C21H32Br2O2/c1-19-8-5-14(24)11-13(19)3-4-15-16(19)6-9-20(2)17(15)7-10-21(20,23)18(25)12-22/h13-17,24H,3-12H2,1-2H3/t13?,14?,15-,16+,17+,19+,20+,21+/m1/s1. The zero-order chi connectivity index (χ0) is 18.0. The van der Waals surface area contributed by atoms with E-state index in [0.717, 1.165) is 31.1 Å². The van der Waals surface area contributed by atoms with Crippen molar-refractivity contribution in [2.75, 3.05) is 5.33 Å². The van der Waals surface area contributed by atoms with Crippen LogP contribution in [0.3, 0.4) is 0 Å². The zero-order valence-corrected chi connectivity index (χ0v) is 18.7. The van der Waals surface area contributed by atoms with Crippen molar-refractivity contribution in [2.24, 2.45) is 34.5 Å². The number of carbonyl (C=O) groups excluding carboxylic acids is 1. The van der Waals surface area contributed by atoms with E-state index in [0.29, 0.717) is 28.4 Å². The molecule has 4 fully saturated rings. The predicted octanol–water partition coefficient (Wildman–Crippen LogP) is 5.49. The van der Waals surface area contributed by atoms with Gasteiger partial charge in [-0.2, -0.15) is 0 Å². The molecule has 4 aliphatic carbocycles. The van der Waals surface area contributed by atoms with E-state index in [2.05, 4.69) is 45.7 Å². The van der Waals surface area contributed by atoms with Crippen LogP contribution in [0.2, 0.25) is 0 Å². The van der Waals surface area contributed by atoms with Gasteiger partial charge in [-0.15, -0.1) is 0 Å². The Morgan fingerprint density at radius 1 is 1.04 bits per heavy atom. The van der Waals surface area contributed by atoms with Crippen molar-refractivity contribution in [2.45, 2.75) is 82.1 Å². The lowest BCUT2D eigenvalue weighted by molar-refractivity contribution is -0.134. The van der Waals surface area contributed by atoms with Crippen molar-refractivity contribution in [3.63, 3.8) is 0 Å². The third kappa shape index (κ3) is 2.52. The average Bonchev–Trinajstić information content (AvgIpc) is 2.87. The smallest absolute Gasteiger partial charge is 0.160 e. The SMILES string of the molecule is C[C@]12CCC(O)CC1CC[C@@H]1[C@@H]2CC[C@@]2(C)[C@H]1CC[C@]2(Br)C(=O)CBr. The van der Waals surface area contributed by atoms with Gasteiger partial charge in [0.1, 0.15) is 0 Å². The first-order chi connectivity index (χ1) is 11.8. The maximum absolute atomic E-state index is 12.8. The molecular formula is C21H32Br2O2. The lowest BCUT2D eigenvalue weighted by Crippen LogP contribution is -2.57. The van der Waals surface area contributed by atoms with E-state index in [1.807, 2.05) is 0 Å². The summed E-state index contributed by atoms with van der Waals surface area (Å²) in [7, 11) is 0. The lowest BCUT2D eigenvalue weighted by atomic mass is 9.44. The molecule has 4 aliphatic rings. The van der Waals surface area contributed by atoms with E-state index in [9.17, 15) is 9.90 Å². The number of aliphatic hydroxyl groups excluding tert-OH is 1. The van der Waals surface area contributed by atoms with Crippen molar-refractivity contribution in [1.82, 2.24) is 0 Å². The Hall–Kier alpha value is 0.590. The Kier molecular flexibility index (Phi) is 4.77. The van der Waals surface area contributed by atoms with Crippen molar-refractivity contribution in [3.8, 4) is 0 Å². The van der Waals surface area contributed by atoms with Crippen molar-refractivity contribution in [1.29, 1.82) is 0 Å². The van der Waals surface area contributed by atoms with E-state index in [1.165, 1.54) is 38.5 Å². The molecule has 2 nitrogen and oxygen atoms in total. The highest BCUT2D eigenvalue weighted by molar-refractivity contribution is 9.11. The number of fused-ring (bicyclic) bond motifs is 5. The van der Waals surface area contributed by atoms with E-state index < -0.39 is 0 Å². The number of halogens is 2.